The van der Waals surface area contributed by atoms with Gasteiger partial charge in [0.1, 0.15) is 0 Å². The summed E-state index contributed by atoms with van der Waals surface area (Å²) in [6.07, 6.45) is 0. The minimum atomic E-state index is -0.465. The maximum absolute atomic E-state index is 10.4. The number of hydrogen-bond acceptors (Lipinski definition) is 6. The van der Waals surface area contributed by atoms with E-state index in [4.69, 9.17) is 16.1 Å². The largest absolute Gasteiger partial charge is 0.333 e. The highest BCUT2D eigenvalue weighted by Crippen LogP contribution is 2.31. The minimum absolute atomic E-state index is 0.0376. The van der Waals surface area contributed by atoms with Crippen LogP contribution in [0.5, 0.6) is 0 Å². The third-order valence-electron chi connectivity index (χ3n) is 1.57. The van der Waals surface area contributed by atoms with E-state index < -0.39 is 4.92 Å². The molecule has 0 N–H and O–H groups in total. The van der Waals surface area contributed by atoms with E-state index in [0.29, 0.717) is 10.7 Å². The first-order valence-corrected chi connectivity index (χ1v) is 5.19. The first-order valence-electron chi connectivity index (χ1n) is 3.84. The lowest BCUT2D eigenvalue weighted by Gasteiger charge is -1.82. The molecule has 0 fully saturated rings. The summed E-state index contributed by atoms with van der Waals surface area (Å²) >= 11 is 6.47. The van der Waals surface area contributed by atoms with Gasteiger partial charge in [-0.15, -0.1) is 11.6 Å². The second-order valence-corrected chi connectivity index (χ2v) is 3.87. The summed E-state index contributed by atoms with van der Waals surface area (Å²) in [5.74, 6) is 0.767. The minimum Gasteiger partial charge on any atom is -0.333 e. The Morgan fingerprint density at radius 3 is 2.93 bits per heavy atom. The van der Waals surface area contributed by atoms with Gasteiger partial charge in [0.25, 0.3) is 5.89 Å². The van der Waals surface area contributed by atoms with Gasteiger partial charge in [-0.3, -0.25) is 10.1 Å². The fourth-order valence-electron chi connectivity index (χ4n) is 0.949. The summed E-state index contributed by atoms with van der Waals surface area (Å²) in [5, 5.41) is 14.1. The van der Waals surface area contributed by atoms with Crippen LogP contribution in [0.3, 0.4) is 0 Å². The van der Waals surface area contributed by atoms with Crippen molar-refractivity contribution in [3.63, 3.8) is 0 Å². The van der Waals surface area contributed by atoms with Gasteiger partial charge in [-0.2, -0.15) is 4.98 Å². The predicted octanol–water partition coefficient (Wildman–Crippen LogP) is 2.45. The Morgan fingerprint density at radius 2 is 2.40 bits per heavy atom. The molecule has 15 heavy (non-hydrogen) atoms. The van der Waals surface area contributed by atoms with E-state index in [1.165, 1.54) is 6.07 Å². The number of halogens is 1. The summed E-state index contributed by atoms with van der Waals surface area (Å²) < 4.78 is 4.88. The quantitative estimate of drug-likeness (QED) is 0.471. The monoisotopic (exact) mass is 245 g/mol. The maximum Gasteiger partial charge on any atom is 0.324 e. The topological polar surface area (TPSA) is 82.1 Å². The van der Waals surface area contributed by atoms with Gasteiger partial charge in [0.2, 0.25) is 0 Å². The van der Waals surface area contributed by atoms with E-state index >= 15 is 0 Å². The lowest BCUT2D eigenvalue weighted by molar-refractivity contribution is -0.380. The number of alkyl halides is 1. The molecule has 0 unspecified atom stereocenters. The molecule has 0 amide bonds. The molecule has 0 bridgehead atoms. The molecule has 0 aliphatic rings. The lowest BCUT2D eigenvalue weighted by Crippen LogP contribution is -1.80. The Hall–Kier alpha value is -1.47. The molecule has 0 saturated carbocycles. The van der Waals surface area contributed by atoms with Crippen LogP contribution in [0, 0.1) is 10.1 Å². The summed E-state index contributed by atoms with van der Waals surface area (Å²) in [6.45, 7) is 0. The van der Waals surface area contributed by atoms with E-state index in [1.54, 1.807) is 6.07 Å². The van der Waals surface area contributed by atoms with Crippen molar-refractivity contribution in [1.29, 1.82) is 0 Å². The fourth-order valence-corrected chi connectivity index (χ4v) is 1.80. The molecular weight excluding hydrogens is 242 g/mol. The van der Waals surface area contributed by atoms with Crippen molar-refractivity contribution >= 4 is 27.9 Å². The Labute approximate surface area is 92.6 Å². The van der Waals surface area contributed by atoms with Crippen molar-refractivity contribution < 1.29 is 9.45 Å². The third kappa shape index (κ3) is 1.97. The van der Waals surface area contributed by atoms with Crippen molar-refractivity contribution in [2.45, 2.75) is 5.88 Å². The summed E-state index contributed by atoms with van der Waals surface area (Å²) in [7, 11) is 0. The van der Waals surface area contributed by atoms with Crippen LogP contribution in [-0.4, -0.2) is 15.1 Å². The normalized spacial score (nSPS) is 10.5. The molecule has 0 spiro atoms. The Bertz CT molecular complexity index is 495. The summed E-state index contributed by atoms with van der Waals surface area (Å²) in [4.78, 5) is 14.5. The zero-order valence-corrected chi connectivity index (χ0v) is 8.79. The van der Waals surface area contributed by atoms with Gasteiger partial charge in [-0.25, -0.2) is 0 Å². The van der Waals surface area contributed by atoms with Crippen LogP contribution in [0.1, 0.15) is 5.82 Å². The summed E-state index contributed by atoms with van der Waals surface area (Å²) in [5.41, 5.74) is 0. The lowest BCUT2D eigenvalue weighted by atomic mass is 10.4. The van der Waals surface area contributed by atoms with E-state index in [0.717, 1.165) is 11.3 Å². The molecule has 2 rings (SSSR count). The van der Waals surface area contributed by atoms with Crippen molar-refractivity contribution in [2.24, 2.45) is 0 Å². The van der Waals surface area contributed by atoms with Crippen molar-refractivity contribution in [3.05, 3.63) is 28.1 Å². The number of thiophene rings is 1. The van der Waals surface area contributed by atoms with Crippen molar-refractivity contribution in [2.75, 3.05) is 0 Å². The Morgan fingerprint density at radius 1 is 1.60 bits per heavy atom. The van der Waals surface area contributed by atoms with Crippen molar-refractivity contribution in [3.8, 4) is 10.8 Å². The first-order chi connectivity index (χ1) is 7.20. The molecule has 0 atom stereocenters. The second-order valence-electron chi connectivity index (χ2n) is 2.54. The third-order valence-corrected chi connectivity index (χ3v) is 2.83. The standard InChI is InChI=1S/C7H4ClN3O3S/c8-3-5-9-7(14-10-5)4-1-2-6(15-4)11(12)13/h1-2H,3H2. The average molecular weight is 246 g/mol. The Kier molecular flexibility index (Phi) is 2.65. The molecule has 2 aromatic rings. The van der Waals surface area contributed by atoms with Crippen LogP contribution in [0.4, 0.5) is 5.00 Å². The van der Waals surface area contributed by atoms with Crippen LogP contribution in [0.15, 0.2) is 16.7 Å². The smallest absolute Gasteiger partial charge is 0.324 e. The molecule has 8 heteroatoms. The first kappa shape index (κ1) is 10.1. The predicted molar refractivity (Wildman–Crippen MR) is 53.8 cm³/mol. The van der Waals surface area contributed by atoms with Gasteiger partial charge >= 0.3 is 5.00 Å². The van der Waals surface area contributed by atoms with E-state index in [1.807, 2.05) is 0 Å². The molecule has 0 radical (unpaired) electrons. The zero-order valence-electron chi connectivity index (χ0n) is 7.21. The highest BCUT2D eigenvalue weighted by molar-refractivity contribution is 7.18. The fraction of sp³-hybridized carbons (Fsp3) is 0.143. The molecule has 0 aliphatic heterocycles. The van der Waals surface area contributed by atoms with Gasteiger partial charge in [0.15, 0.2) is 5.82 Å². The van der Waals surface area contributed by atoms with Crippen LogP contribution in [-0.2, 0) is 5.88 Å². The number of nitro groups is 1. The maximum atomic E-state index is 10.4. The van der Waals surface area contributed by atoms with Gasteiger partial charge in [-0.1, -0.05) is 16.5 Å². The molecule has 6 nitrogen and oxygen atoms in total. The van der Waals surface area contributed by atoms with E-state index in [9.17, 15) is 10.1 Å². The molecule has 78 valence electrons. The van der Waals surface area contributed by atoms with Gasteiger partial charge in [-0.05, 0) is 6.07 Å². The highest BCUT2D eigenvalue weighted by Gasteiger charge is 2.15. The molecular formula is C7H4ClN3O3S. The summed E-state index contributed by atoms with van der Waals surface area (Å²) in [6, 6.07) is 2.96. The number of nitrogens with zero attached hydrogens (tertiary/aromatic N) is 3. The molecule has 0 aromatic carbocycles. The van der Waals surface area contributed by atoms with Crippen LogP contribution >= 0.6 is 22.9 Å². The van der Waals surface area contributed by atoms with E-state index in [-0.39, 0.29) is 16.8 Å². The van der Waals surface area contributed by atoms with Crippen molar-refractivity contribution in [1.82, 2.24) is 10.1 Å². The van der Waals surface area contributed by atoms with E-state index in [2.05, 4.69) is 10.1 Å². The molecule has 0 aliphatic carbocycles. The molecule has 0 saturated heterocycles. The van der Waals surface area contributed by atoms with Crippen LogP contribution in [0.2, 0.25) is 0 Å². The van der Waals surface area contributed by atoms with Gasteiger partial charge in [0, 0.05) is 6.07 Å². The average Bonchev–Trinajstić information content (AvgIpc) is 2.86. The van der Waals surface area contributed by atoms with Crippen LogP contribution < -0.4 is 0 Å². The molecule has 2 aromatic heterocycles. The second kappa shape index (κ2) is 3.95. The molecule has 2 heterocycles. The van der Waals surface area contributed by atoms with Gasteiger partial charge < -0.3 is 4.52 Å². The number of aromatic nitrogens is 2. The van der Waals surface area contributed by atoms with Gasteiger partial charge in [0.05, 0.1) is 15.7 Å². The Balaban J connectivity index is 2.32. The number of hydrogen-bond donors (Lipinski definition) is 0. The zero-order chi connectivity index (χ0) is 10.8. The SMILES string of the molecule is O=[N+]([O-])c1ccc(-c2nc(CCl)no2)s1. The number of rotatable bonds is 3. The van der Waals surface area contributed by atoms with Crippen LogP contribution in [0.25, 0.3) is 10.8 Å². The highest BCUT2D eigenvalue weighted by atomic mass is 35.5.